The lowest BCUT2D eigenvalue weighted by Crippen LogP contribution is -2.41. The van der Waals surface area contributed by atoms with Crippen LogP contribution in [-0.4, -0.2) is 20.8 Å². The summed E-state index contributed by atoms with van der Waals surface area (Å²) in [6.45, 7) is 14.6. The zero-order chi connectivity index (χ0) is 12.1. The van der Waals surface area contributed by atoms with E-state index < -0.39 is 8.32 Å². The van der Waals surface area contributed by atoms with Crippen molar-refractivity contribution in [1.29, 1.82) is 0 Å². The largest absolute Gasteiger partial charge is 0.417 e. The molecule has 0 radical (unpaired) electrons. The van der Waals surface area contributed by atoms with Crippen molar-refractivity contribution >= 4 is 19.9 Å². The van der Waals surface area contributed by atoms with Gasteiger partial charge in [-0.3, -0.25) is 0 Å². The summed E-state index contributed by atoms with van der Waals surface area (Å²) in [7, 11) is -1.53. The lowest BCUT2D eigenvalue weighted by molar-refractivity contribution is 0.258. The molecule has 0 aliphatic carbocycles. The van der Waals surface area contributed by atoms with Crippen LogP contribution in [0.5, 0.6) is 0 Å². The second kappa shape index (κ2) is 6.26. The molecule has 0 aromatic rings. The van der Waals surface area contributed by atoms with Crippen molar-refractivity contribution in [1.82, 2.24) is 0 Å². The van der Waals surface area contributed by atoms with E-state index in [2.05, 4.69) is 40.8 Å². The lowest BCUT2D eigenvalue weighted by Gasteiger charge is -2.36. The van der Waals surface area contributed by atoms with Gasteiger partial charge in [0.2, 0.25) is 0 Å². The molecule has 0 saturated heterocycles. The minimum absolute atomic E-state index is 0.322. The van der Waals surface area contributed by atoms with Crippen LogP contribution in [0.4, 0.5) is 0 Å². The molecule has 1 unspecified atom stereocenters. The normalized spacial score (nSPS) is 15.4. The van der Waals surface area contributed by atoms with Gasteiger partial charge >= 0.3 is 0 Å². The number of halogens is 1. The van der Waals surface area contributed by atoms with Gasteiger partial charge in [0.15, 0.2) is 8.32 Å². The molecule has 0 bridgehead atoms. The fraction of sp³-hybridized carbons (Fsp3) is 1.00. The Balaban J connectivity index is 3.85. The molecule has 0 spiro atoms. The zero-order valence-corrected chi connectivity index (χ0v) is 12.9. The van der Waals surface area contributed by atoms with Gasteiger partial charge < -0.3 is 4.43 Å². The minimum Gasteiger partial charge on any atom is -0.417 e. The SMILES string of the molecule is CC(CCCl)CCO[Si](C)(C)C(C)(C)C. The number of hydrogen-bond donors (Lipinski definition) is 0. The van der Waals surface area contributed by atoms with Crippen molar-refractivity contribution in [3.63, 3.8) is 0 Å². The molecule has 0 rings (SSSR count). The van der Waals surface area contributed by atoms with Crippen LogP contribution in [0.1, 0.15) is 40.5 Å². The van der Waals surface area contributed by atoms with Gasteiger partial charge in [0, 0.05) is 12.5 Å². The van der Waals surface area contributed by atoms with E-state index in [4.69, 9.17) is 16.0 Å². The van der Waals surface area contributed by atoms with Crippen molar-refractivity contribution < 1.29 is 4.43 Å². The molecule has 1 nitrogen and oxygen atoms in total. The van der Waals surface area contributed by atoms with Gasteiger partial charge in [0.1, 0.15) is 0 Å². The molecule has 92 valence electrons. The Morgan fingerprint density at radius 3 is 2.13 bits per heavy atom. The number of alkyl halides is 1. The van der Waals surface area contributed by atoms with E-state index in [1.54, 1.807) is 0 Å². The van der Waals surface area contributed by atoms with E-state index in [1.165, 1.54) is 0 Å². The highest BCUT2D eigenvalue weighted by Gasteiger charge is 2.36. The first-order chi connectivity index (χ1) is 6.70. The molecule has 0 aliphatic rings. The third kappa shape index (κ3) is 5.93. The average molecular weight is 251 g/mol. The topological polar surface area (TPSA) is 9.23 Å². The smallest absolute Gasteiger partial charge is 0.191 e. The monoisotopic (exact) mass is 250 g/mol. The zero-order valence-electron chi connectivity index (χ0n) is 11.2. The Hall–Kier alpha value is 0.467. The molecule has 0 amide bonds. The average Bonchev–Trinajstić information content (AvgIpc) is 2.01. The van der Waals surface area contributed by atoms with Crippen LogP contribution in [-0.2, 0) is 4.43 Å². The Bertz CT molecular complexity index is 175. The molecular formula is C12H27ClOSi. The van der Waals surface area contributed by atoms with Crippen LogP contribution in [0, 0.1) is 5.92 Å². The minimum atomic E-state index is -1.53. The maximum atomic E-state index is 6.11. The molecule has 0 aliphatic heterocycles. The first-order valence-corrected chi connectivity index (χ1v) is 9.35. The first kappa shape index (κ1) is 15.5. The fourth-order valence-corrected chi connectivity index (χ4v) is 2.50. The third-order valence-corrected chi connectivity index (χ3v) is 8.24. The number of hydrogen-bond acceptors (Lipinski definition) is 1. The molecule has 0 aromatic carbocycles. The molecule has 0 N–H and O–H groups in total. The molecule has 1 atom stereocenters. The Morgan fingerprint density at radius 2 is 1.73 bits per heavy atom. The van der Waals surface area contributed by atoms with Crippen molar-refractivity contribution in [2.45, 2.75) is 58.7 Å². The molecule has 0 fully saturated rings. The maximum absolute atomic E-state index is 6.11. The fourth-order valence-electron chi connectivity index (χ4n) is 1.06. The van der Waals surface area contributed by atoms with E-state index in [1.807, 2.05) is 0 Å². The van der Waals surface area contributed by atoms with Gasteiger partial charge in [-0.25, -0.2) is 0 Å². The summed E-state index contributed by atoms with van der Waals surface area (Å²) < 4.78 is 6.11. The standard InChI is InChI=1S/C12H27ClOSi/c1-11(7-9-13)8-10-14-15(5,6)12(2,3)4/h11H,7-10H2,1-6H3. The van der Waals surface area contributed by atoms with Crippen LogP contribution in [0.15, 0.2) is 0 Å². The summed E-state index contributed by atoms with van der Waals surface area (Å²) in [4.78, 5) is 0. The van der Waals surface area contributed by atoms with Crippen molar-refractivity contribution in [3.05, 3.63) is 0 Å². The Kier molecular flexibility index (Phi) is 6.46. The third-order valence-electron chi connectivity index (χ3n) is 3.48. The van der Waals surface area contributed by atoms with Crippen LogP contribution < -0.4 is 0 Å². The second-order valence-electron chi connectivity index (χ2n) is 5.98. The quantitative estimate of drug-likeness (QED) is 0.492. The molecule has 15 heavy (non-hydrogen) atoms. The van der Waals surface area contributed by atoms with Crippen molar-refractivity contribution in [3.8, 4) is 0 Å². The summed E-state index contributed by atoms with van der Waals surface area (Å²) in [5.41, 5.74) is 0. The van der Waals surface area contributed by atoms with Crippen molar-refractivity contribution in [2.24, 2.45) is 5.92 Å². The molecule has 0 saturated carbocycles. The highest BCUT2D eigenvalue weighted by molar-refractivity contribution is 6.74. The lowest BCUT2D eigenvalue weighted by atomic mass is 10.1. The summed E-state index contributed by atoms with van der Waals surface area (Å²) in [6, 6.07) is 0. The molecule has 3 heteroatoms. The van der Waals surface area contributed by atoms with Gasteiger partial charge in [-0.15, -0.1) is 11.6 Å². The van der Waals surface area contributed by atoms with E-state index in [0.29, 0.717) is 11.0 Å². The van der Waals surface area contributed by atoms with E-state index in [-0.39, 0.29) is 0 Å². The van der Waals surface area contributed by atoms with Crippen LogP contribution in [0.25, 0.3) is 0 Å². The summed E-state index contributed by atoms with van der Waals surface area (Å²) in [5.74, 6) is 1.45. The van der Waals surface area contributed by atoms with Crippen LogP contribution in [0.3, 0.4) is 0 Å². The first-order valence-electron chi connectivity index (χ1n) is 5.90. The Morgan fingerprint density at radius 1 is 1.20 bits per heavy atom. The van der Waals surface area contributed by atoms with Gasteiger partial charge in [0.25, 0.3) is 0 Å². The summed E-state index contributed by atoms with van der Waals surface area (Å²) in [5, 5.41) is 0.322. The summed E-state index contributed by atoms with van der Waals surface area (Å²) >= 11 is 5.71. The van der Waals surface area contributed by atoms with Gasteiger partial charge in [-0.2, -0.15) is 0 Å². The van der Waals surface area contributed by atoms with E-state index in [9.17, 15) is 0 Å². The highest BCUT2D eigenvalue weighted by Crippen LogP contribution is 2.36. The van der Waals surface area contributed by atoms with E-state index in [0.717, 1.165) is 25.3 Å². The van der Waals surface area contributed by atoms with Gasteiger partial charge in [0.05, 0.1) is 0 Å². The maximum Gasteiger partial charge on any atom is 0.191 e. The predicted molar refractivity (Wildman–Crippen MR) is 72.3 cm³/mol. The van der Waals surface area contributed by atoms with Crippen LogP contribution in [0.2, 0.25) is 18.1 Å². The predicted octanol–water partition coefficient (Wildman–Crippen LogP) is 4.66. The second-order valence-corrected chi connectivity index (χ2v) is 11.2. The Labute approximate surface area is 102 Å². The summed E-state index contributed by atoms with van der Waals surface area (Å²) in [6.07, 6.45) is 2.24. The highest BCUT2D eigenvalue weighted by atomic mass is 35.5. The molecule has 0 heterocycles. The van der Waals surface area contributed by atoms with Crippen LogP contribution >= 0.6 is 11.6 Å². The van der Waals surface area contributed by atoms with Gasteiger partial charge in [-0.05, 0) is 36.9 Å². The van der Waals surface area contributed by atoms with Crippen molar-refractivity contribution in [2.75, 3.05) is 12.5 Å². The van der Waals surface area contributed by atoms with Gasteiger partial charge in [-0.1, -0.05) is 27.7 Å². The van der Waals surface area contributed by atoms with E-state index >= 15 is 0 Å². The molecule has 0 aromatic heterocycles. The number of rotatable bonds is 6. The molecular weight excluding hydrogens is 224 g/mol.